The summed E-state index contributed by atoms with van der Waals surface area (Å²) in [5.41, 5.74) is 2.88. The largest absolute Gasteiger partial charge is 0.322 e. The van der Waals surface area contributed by atoms with E-state index < -0.39 is 10.0 Å². The van der Waals surface area contributed by atoms with Crippen LogP contribution in [-0.2, 0) is 10.0 Å². The lowest BCUT2D eigenvalue weighted by molar-refractivity contribution is 0.102. The van der Waals surface area contributed by atoms with E-state index in [1.807, 2.05) is 25.1 Å². The summed E-state index contributed by atoms with van der Waals surface area (Å²) in [7, 11) is -3.80. The van der Waals surface area contributed by atoms with Gasteiger partial charge in [-0.15, -0.1) is 0 Å². The number of aryl methyl sites for hydroxylation is 1. The van der Waals surface area contributed by atoms with Crippen molar-refractivity contribution in [2.75, 3.05) is 10.0 Å². The molecular formula is C21H17N3O3S. The van der Waals surface area contributed by atoms with Gasteiger partial charge in [-0.25, -0.2) is 8.42 Å². The second kappa shape index (κ2) is 7.94. The molecular weight excluding hydrogens is 374 g/mol. The summed E-state index contributed by atoms with van der Waals surface area (Å²) in [5, 5.41) is 11.6. The molecule has 0 aliphatic heterocycles. The zero-order valence-corrected chi connectivity index (χ0v) is 15.8. The smallest absolute Gasteiger partial charge is 0.261 e. The molecule has 0 aliphatic rings. The third-order valence-electron chi connectivity index (χ3n) is 4.00. The molecule has 3 aromatic carbocycles. The molecule has 0 spiro atoms. The van der Waals surface area contributed by atoms with Crippen molar-refractivity contribution in [1.29, 1.82) is 5.26 Å². The van der Waals surface area contributed by atoms with Gasteiger partial charge >= 0.3 is 0 Å². The molecule has 7 heteroatoms. The van der Waals surface area contributed by atoms with Gasteiger partial charge < -0.3 is 5.32 Å². The number of amides is 1. The summed E-state index contributed by atoms with van der Waals surface area (Å²) in [6, 6.07) is 21.1. The normalized spacial score (nSPS) is 10.7. The van der Waals surface area contributed by atoms with Crippen molar-refractivity contribution in [1.82, 2.24) is 0 Å². The number of hydrogen-bond donors (Lipinski definition) is 2. The number of nitriles is 1. The Kier molecular flexibility index (Phi) is 5.43. The number of anilines is 2. The summed E-state index contributed by atoms with van der Waals surface area (Å²) in [4.78, 5) is 12.3. The van der Waals surface area contributed by atoms with Gasteiger partial charge in [0.15, 0.2) is 0 Å². The molecule has 0 fully saturated rings. The summed E-state index contributed by atoms with van der Waals surface area (Å²) in [6.07, 6.45) is 0. The van der Waals surface area contributed by atoms with E-state index in [0.29, 0.717) is 22.5 Å². The number of carbonyl (C=O) groups is 1. The molecule has 1 amide bonds. The molecule has 0 heterocycles. The van der Waals surface area contributed by atoms with Crippen LogP contribution in [0.1, 0.15) is 21.5 Å². The summed E-state index contributed by atoms with van der Waals surface area (Å²) in [5.74, 6) is -0.326. The van der Waals surface area contributed by atoms with Gasteiger partial charge in [0.05, 0.1) is 16.5 Å². The summed E-state index contributed by atoms with van der Waals surface area (Å²) < 4.78 is 27.4. The van der Waals surface area contributed by atoms with Crippen LogP contribution >= 0.6 is 0 Å². The highest BCUT2D eigenvalue weighted by atomic mass is 32.2. The Hall–Kier alpha value is -3.63. The molecule has 3 rings (SSSR count). The number of carbonyl (C=O) groups excluding carboxylic acids is 1. The van der Waals surface area contributed by atoms with Gasteiger partial charge in [-0.1, -0.05) is 17.7 Å². The van der Waals surface area contributed by atoms with Crippen LogP contribution in [0.4, 0.5) is 11.4 Å². The van der Waals surface area contributed by atoms with Gasteiger partial charge in [-0.3, -0.25) is 9.52 Å². The standard InChI is InChI=1S/C21H17N3O3S/c1-15-2-8-18(9-3-15)23-21(25)17-6-12-20(13-7-17)28(26,27)24-19-10-4-16(14-22)5-11-19/h2-13,24H,1H3,(H,23,25). The van der Waals surface area contributed by atoms with Gasteiger partial charge in [0.25, 0.3) is 15.9 Å². The molecule has 3 aromatic rings. The first kappa shape index (κ1) is 19.1. The molecule has 0 radical (unpaired) electrons. The van der Waals surface area contributed by atoms with Crippen molar-refractivity contribution in [2.45, 2.75) is 11.8 Å². The molecule has 0 unspecified atom stereocenters. The molecule has 140 valence electrons. The molecule has 0 atom stereocenters. The van der Waals surface area contributed by atoms with Crippen LogP contribution in [0.25, 0.3) is 0 Å². The lowest BCUT2D eigenvalue weighted by atomic mass is 10.2. The maximum atomic E-state index is 12.5. The molecule has 0 aliphatic carbocycles. The van der Waals surface area contributed by atoms with Crippen LogP contribution in [0.2, 0.25) is 0 Å². The van der Waals surface area contributed by atoms with Crippen molar-refractivity contribution in [3.63, 3.8) is 0 Å². The Morgan fingerprint density at radius 2 is 1.43 bits per heavy atom. The molecule has 2 N–H and O–H groups in total. The van der Waals surface area contributed by atoms with E-state index in [2.05, 4.69) is 10.0 Å². The maximum Gasteiger partial charge on any atom is 0.261 e. The van der Waals surface area contributed by atoms with Crippen LogP contribution in [0.3, 0.4) is 0 Å². The van der Waals surface area contributed by atoms with Gasteiger partial charge in [0, 0.05) is 16.9 Å². The van der Waals surface area contributed by atoms with E-state index in [9.17, 15) is 13.2 Å². The number of hydrogen-bond acceptors (Lipinski definition) is 4. The predicted octanol–water partition coefficient (Wildman–Crippen LogP) is 3.92. The van der Waals surface area contributed by atoms with Gasteiger partial charge in [0.2, 0.25) is 0 Å². The zero-order chi connectivity index (χ0) is 20.1. The highest BCUT2D eigenvalue weighted by molar-refractivity contribution is 7.92. The first-order valence-electron chi connectivity index (χ1n) is 8.38. The minimum absolute atomic E-state index is 0.0312. The highest BCUT2D eigenvalue weighted by Crippen LogP contribution is 2.18. The number of nitrogens with zero attached hydrogens (tertiary/aromatic N) is 1. The average molecular weight is 391 g/mol. The number of benzene rings is 3. The molecule has 6 nitrogen and oxygen atoms in total. The summed E-state index contributed by atoms with van der Waals surface area (Å²) >= 11 is 0. The number of rotatable bonds is 5. The zero-order valence-electron chi connectivity index (χ0n) is 15.0. The average Bonchev–Trinajstić information content (AvgIpc) is 2.70. The SMILES string of the molecule is Cc1ccc(NC(=O)c2ccc(S(=O)(=O)Nc3ccc(C#N)cc3)cc2)cc1. The Balaban J connectivity index is 1.72. The molecule has 0 saturated heterocycles. The Labute approximate surface area is 163 Å². The van der Waals surface area contributed by atoms with Crippen molar-refractivity contribution in [3.05, 3.63) is 89.5 Å². The fourth-order valence-corrected chi connectivity index (χ4v) is 3.51. The van der Waals surface area contributed by atoms with Gasteiger partial charge in [-0.2, -0.15) is 5.26 Å². The van der Waals surface area contributed by atoms with Crippen LogP contribution < -0.4 is 10.0 Å². The Bertz CT molecular complexity index is 1130. The van der Waals surface area contributed by atoms with Crippen LogP contribution in [0, 0.1) is 18.3 Å². The fourth-order valence-electron chi connectivity index (χ4n) is 2.45. The van der Waals surface area contributed by atoms with Gasteiger partial charge in [0.1, 0.15) is 0 Å². The van der Waals surface area contributed by atoms with Crippen LogP contribution in [0.5, 0.6) is 0 Å². The van der Waals surface area contributed by atoms with Crippen molar-refractivity contribution < 1.29 is 13.2 Å². The van der Waals surface area contributed by atoms with Crippen LogP contribution in [0.15, 0.2) is 77.7 Å². The first-order chi connectivity index (χ1) is 13.4. The van der Waals surface area contributed by atoms with E-state index in [-0.39, 0.29) is 10.8 Å². The van der Waals surface area contributed by atoms with E-state index in [4.69, 9.17) is 5.26 Å². The molecule has 0 aromatic heterocycles. The quantitative estimate of drug-likeness (QED) is 0.688. The van der Waals surface area contributed by atoms with E-state index in [1.54, 1.807) is 12.1 Å². The number of sulfonamides is 1. The van der Waals surface area contributed by atoms with E-state index >= 15 is 0 Å². The lowest BCUT2D eigenvalue weighted by Crippen LogP contribution is -2.14. The topological polar surface area (TPSA) is 99.1 Å². The van der Waals surface area contributed by atoms with Crippen molar-refractivity contribution >= 4 is 27.3 Å². The van der Waals surface area contributed by atoms with Crippen molar-refractivity contribution in [3.8, 4) is 6.07 Å². The Morgan fingerprint density at radius 3 is 2.00 bits per heavy atom. The third kappa shape index (κ3) is 4.55. The molecule has 28 heavy (non-hydrogen) atoms. The van der Waals surface area contributed by atoms with E-state index in [0.717, 1.165) is 5.56 Å². The predicted molar refractivity (Wildman–Crippen MR) is 108 cm³/mol. The highest BCUT2D eigenvalue weighted by Gasteiger charge is 2.15. The number of nitrogens with one attached hydrogen (secondary N) is 2. The second-order valence-corrected chi connectivity index (χ2v) is 7.82. The Morgan fingerprint density at radius 1 is 0.857 bits per heavy atom. The maximum absolute atomic E-state index is 12.5. The van der Waals surface area contributed by atoms with E-state index in [1.165, 1.54) is 48.5 Å². The summed E-state index contributed by atoms with van der Waals surface area (Å²) in [6.45, 7) is 1.96. The monoisotopic (exact) mass is 391 g/mol. The fraction of sp³-hybridized carbons (Fsp3) is 0.0476. The molecule has 0 bridgehead atoms. The minimum Gasteiger partial charge on any atom is -0.322 e. The lowest BCUT2D eigenvalue weighted by Gasteiger charge is -2.09. The first-order valence-corrected chi connectivity index (χ1v) is 9.87. The second-order valence-electron chi connectivity index (χ2n) is 6.14. The van der Waals surface area contributed by atoms with Crippen LogP contribution in [-0.4, -0.2) is 14.3 Å². The minimum atomic E-state index is -3.80. The van der Waals surface area contributed by atoms with Gasteiger partial charge in [-0.05, 0) is 67.6 Å². The molecule has 0 saturated carbocycles. The third-order valence-corrected chi connectivity index (χ3v) is 5.40. The van der Waals surface area contributed by atoms with Crippen molar-refractivity contribution in [2.24, 2.45) is 0 Å².